The van der Waals surface area contributed by atoms with Crippen molar-refractivity contribution in [3.05, 3.63) is 56.5 Å². The number of carbonyl (C=O) groups is 1. The van der Waals surface area contributed by atoms with E-state index in [2.05, 4.69) is 0 Å². The number of halogens is 3. The molecule has 0 aliphatic carbocycles. The van der Waals surface area contributed by atoms with E-state index in [-0.39, 0.29) is 32.7 Å². The second kappa shape index (κ2) is 6.56. The van der Waals surface area contributed by atoms with Crippen LogP contribution in [0.25, 0.3) is 0 Å². The summed E-state index contributed by atoms with van der Waals surface area (Å²) in [5, 5.41) is 0.725. The summed E-state index contributed by atoms with van der Waals surface area (Å²) < 4.78 is 10.3. The van der Waals surface area contributed by atoms with Crippen molar-refractivity contribution in [2.75, 3.05) is 14.2 Å². The quantitative estimate of drug-likeness (QED) is 0.740. The summed E-state index contributed by atoms with van der Waals surface area (Å²) in [6, 6.07) is 8.02. The van der Waals surface area contributed by atoms with Crippen LogP contribution in [0.4, 0.5) is 0 Å². The van der Waals surface area contributed by atoms with Crippen LogP contribution in [0.1, 0.15) is 15.9 Å². The van der Waals surface area contributed by atoms with Gasteiger partial charge in [-0.3, -0.25) is 4.79 Å². The van der Waals surface area contributed by atoms with Crippen LogP contribution in [-0.2, 0) is 0 Å². The molecule has 0 fully saturated rings. The maximum absolute atomic E-state index is 12.6. The van der Waals surface area contributed by atoms with Crippen molar-refractivity contribution in [3.63, 3.8) is 0 Å². The standard InChI is InChI=1S/C15H11Cl3O3/c1-20-11-7-6-9(15(21-2)13(11)18)14(19)8-4-3-5-10(16)12(8)17/h3-7H,1-2H3. The van der Waals surface area contributed by atoms with E-state index in [0.717, 1.165) is 0 Å². The fourth-order valence-corrected chi connectivity index (χ4v) is 2.60. The largest absolute Gasteiger partial charge is 0.495 e. The predicted molar refractivity (Wildman–Crippen MR) is 84.5 cm³/mol. The number of ether oxygens (including phenoxy) is 2. The van der Waals surface area contributed by atoms with E-state index in [0.29, 0.717) is 10.8 Å². The van der Waals surface area contributed by atoms with Gasteiger partial charge >= 0.3 is 0 Å². The lowest BCUT2D eigenvalue weighted by Gasteiger charge is -2.13. The van der Waals surface area contributed by atoms with Crippen molar-refractivity contribution >= 4 is 40.6 Å². The molecule has 2 aromatic rings. The lowest BCUT2D eigenvalue weighted by Crippen LogP contribution is -2.06. The molecule has 0 aromatic heterocycles. The molecule has 3 nitrogen and oxygen atoms in total. The normalized spacial score (nSPS) is 10.3. The molecule has 0 aliphatic rings. The molecule has 2 aromatic carbocycles. The molecule has 2 rings (SSSR count). The minimum atomic E-state index is -0.330. The molecule has 0 aliphatic heterocycles. The van der Waals surface area contributed by atoms with Gasteiger partial charge < -0.3 is 9.47 Å². The molecule has 0 saturated carbocycles. The second-order valence-corrected chi connectivity index (χ2v) is 5.26. The summed E-state index contributed by atoms with van der Waals surface area (Å²) >= 11 is 18.2. The number of ketones is 1. The molecule has 0 saturated heterocycles. The molecule has 0 atom stereocenters. The van der Waals surface area contributed by atoms with Gasteiger partial charge in [0.2, 0.25) is 0 Å². The zero-order valence-corrected chi connectivity index (χ0v) is 13.5. The predicted octanol–water partition coefficient (Wildman–Crippen LogP) is 4.90. The van der Waals surface area contributed by atoms with E-state index in [1.807, 2.05) is 0 Å². The highest BCUT2D eigenvalue weighted by Gasteiger charge is 2.22. The Hall–Kier alpha value is -1.42. The van der Waals surface area contributed by atoms with Gasteiger partial charge in [0.05, 0.1) is 29.8 Å². The van der Waals surface area contributed by atoms with Crippen molar-refractivity contribution in [2.24, 2.45) is 0 Å². The first-order chi connectivity index (χ1) is 10.0. The van der Waals surface area contributed by atoms with Crippen molar-refractivity contribution in [3.8, 4) is 11.5 Å². The fraction of sp³-hybridized carbons (Fsp3) is 0.133. The molecular formula is C15H11Cl3O3. The number of hydrogen-bond donors (Lipinski definition) is 0. The number of methoxy groups -OCH3 is 2. The summed E-state index contributed by atoms with van der Waals surface area (Å²) in [4.78, 5) is 12.6. The van der Waals surface area contributed by atoms with Crippen molar-refractivity contribution in [2.45, 2.75) is 0 Å². The average Bonchev–Trinajstić information content (AvgIpc) is 2.49. The molecule has 0 radical (unpaired) electrons. The summed E-state index contributed by atoms with van der Waals surface area (Å²) in [5.41, 5.74) is 0.566. The topological polar surface area (TPSA) is 35.5 Å². The molecule has 0 amide bonds. The van der Waals surface area contributed by atoms with E-state index in [9.17, 15) is 4.79 Å². The summed E-state index contributed by atoms with van der Waals surface area (Å²) in [7, 11) is 2.91. The van der Waals surface area contributed by atoms with Crippen molar-refractivity contribution < 1.29 is 14.3 Å². The van der Waals surface area contributed by atoms with Gasteiger partial charge in [0, 0.05) is 5.56 Å². The average molecular weight is 346 g/mol. The number of hydrogen-bond acceptors (Lipinski definition) is 3. The maximum Gasteiger partial charge on any atom is 0.198 e. The van der Waals surface area contributed by atoms with Gasteiger partial charge in [0.1, 0.15) is 10.8 Å². The van der Waals surface area contributed by atoms with E-state index >= 15 is 0 Å². The molecule has 110 valence electrons. The smallest absolute Gasteiger partial charge is 0.198 e. The van der Waals surface area contributed by atoms with E-state index in [1.165, 1.54) is 14.2 Å². The molecule has 21 heavy (non-hydrogen) atoms. The Morgan fingerprint density at radius 1 is 0.905 bits per heavy atom. The highest BCUT2D eigenvalue weighted by atomic mass is 35.5. The van der Waals surface area contributed by atoms with E-state index in [4.69, 9.17) is 44.3 Å². The Balaban J connectivity index is 2.59. The third kappa shape index (κ3) is 2.95. The maximum atomic E-state index is 12.6. The van der Waals surface area contributed by atoms with Crippen LogP contribution in [0.5, 0.6) is 11.5 Å². The van der Waals surface area contributed by atoms with Crippen molar-refractivity contribution in [1.82, 2.24) is 0 Å². The molecule has 0 bridgehead atoms. The Morgan fingerprint density at radius 2 is 1.62 bits per heavy atom. The fourth-order valence-electron chi connectivity index (χ4n) is 1.90. The molecule has 0 N–H and O–H groups in total. The van der Waals surface area contributed by atoms with Crippen molar-refractivity contribution in [1.29, 1.82) is 0 Å². The molecule has 6 heteroatoms. The number of benzene rings is 2. The SMILES string of the molecule is COc1ccc(C(=O)c2cccc(Cl)c2Cl)c(OC)c1Cl. The third-order valence-electron chi connectivity index (χ3n) is 2.93. The number of rotatable bonds is 4. The molecule has 0 heterocycles. The van der Waals surface area contributed by atoms with Gasteiger partial charge in [0.15, 0.2) is 11.5 Å². The van der Waals surface area contributed by atoms with Gasteiger partial charge in [-0.15, -0.1) is 0 Å². The van der Waals surface area contributed by atoms with E-state index < -0.39 is 0 Å². The zero-order valence-electron chi connectivity index (χ0n) is 11.2. The minimum absolute atomic E-state index is 0.193. The van der Waals surface area contributed by atoms with Crippen LogP contribution >= 0.6 is 34.8 Å². The summed E-state index contributed by atoms with van der Waals surface area (Å²) in [5.74, 6) is 0.322. The van der Waals surface area contributed by atoms with Gasteiger partial charge in [-0.2, -0.15) is 0 Å². The lowest BCUT2D eigenvalue weighted by atomic mass is 10.0. The first-order valence-electron chi connectivity index (χ1n) is 5.90. The van der Waals surface area contributed by atoms with Gasteiger partial charge in [-0.05, 0) is 24.3 Å². The van der Waals surface area contributed by atoms with Crippen LogP contribution in [0, 0.1) is 0 Å². The van der Waals surface area contributed by atoms with Gasteiger partial charge in [-0.25, -0.2) is 0 Å². The molecule has 0 spiro atoms. The highest BCUT2D eigenvalue weighted by Crippen LogP contribution is 2.38. The lowest BCUT2D eigenvalue weighted by molar-refractivity contribution is 0.103. The zero-order chi connectivity index (χ0) is 15.6. The van der Waals surface area contributed by atoms with Crippen LogP contribution in [0.15, 0.2) is 30.3 Å². The van der Waals surface area contributed by atoms with Gasteiger partial charge in [0.25, 0.3) is 0 Å². The van der Waals surface area contributed by atoms with Crippen LogP contribution < -0.4 is 9.47 Å². The van der Waals surface area contributed by atoms with Gasteiger partial charge in [-0.1, -0.05) is 40.9 Å². The third-order valence-corrected chi connectivity index (χ3v) is 4.10. The summed E-state index contributed by atoms with van der Waals surface area (Å²) in [6.07, 6.45) is 0. The highest BCUT2D eigenvalue weighted by molar-refractivity contribution is 6.44. The molecule has 0 unspecified atom stereocenters. The van der Waals surface area contributed by atoms with Crippen LogP contribution in [-0.4, -0.2) is 20.0 Å². The summed E-state index contributed by atoms with van der Waals surface area (Å²) in [6.45, 7) is 0. The van der Waals surface area contributed by atoms with Crippen LogP contribution in [0.2, 0.25) is 15.1 Å². The second-order valence-electron chi connectivity index (χ2n) is 4.09. The first-order valence-corrected chi connectivity index (χ1v) is 7.03. The van der Waals surface area contributed by atoms with Crippen LogP contribution in [0.3, 0.4) is 0 Å². The number of carbonyl (C=O) groups excluding carboxylic acids is 1. The Kier molecular flexibility index (Phi) is 4.99. The Morgan fingerprint density at radius 3 is 2.24 bits per heavy atom. The molecular weight excluding hydrogens is 335 g/mol. The Labute approximate surface area is 137 Å². The van der Waals surface area contributed by atoms with E-state index in [1.54, 1.807) is 30.3 Å². The monoisotopic (exact) mass is 344 g/mol. The minimum Gasteiger partial charge on any atom is -0.495 e. The first kappa shape index (κ1) is 16.0. The Bertz CT molecular complexity index is 699.